The molecular formula is C17H23NO7S. The number of allylic oxidation sites excluding steroid dienone is 1. The van der Waals surface area contributed by atoms with Gasteiger partial charge < -0.3 is 14.6 Å². The number of aliphatic carboxylic acids is 1. The number of carbonyl (C=O) groups excluding carboxylic acids is 3. The summed E-state index contributed by atoms with van der Waals surface area (Å²) in [5.74, 6) is -1.80. The second kappa shape index (κ2) is 7.79. The summed E-state index contributed by atoms with van der Waals surface area (Å²) in [4.78, 5) is 48.9. The van der Waals surface area contributed by atoms with Gasteiger partial charge in [-0.2, -0.15) is 0 Å². The number of rotatable bonds is 7. The molecule has 144 valence electrons. The van der Waals surface area contributed by atoms with Crippen LogP contribution in [0.5, 0.6) is 0 Å². The van der Waals surface area contributed by atoms with Gasteiger partial charge in [-0.05, 0) is 0 Å². The molecule has 0 radical (unpaired) electrons. The molecule has 0 spiro atoms. The van der Waals surface area contributed by atoms with Crippen LogP contribution in [0.3, 0.4) is 0 Å². The zero-order valence-corrected chi connectivity index (χ0v) is 16.1. The molecule has 1 N–H and O–H groups in total. The molecule has 0 unspecified atom stereocenters. The lowest BCUT2D eigenvalue weighted by Gasteiger charge is -2.50. The summed E-state index contributed by atoms with van der Waals surface area (Å²) in [5, 5.41) is 8.35. The number of fused-ring (bicyclic) bond motifs is 1. The third-order valence-electron chi connectivity index (χ3n) is 4.10. The predicted molar refractivity (Wildman–Crippen MR) is 93.2 cm³/mol. The zero-order chi connectivity index (χ0) is 19.6. The number of nitrogens with zero attached hydrogens (tertiary/aromatic N) is 1. The second-order valence-electron chi connectivity index (χ2n) is 7.15. The van der Waals surface area contributed by atoms with Gasteiger partial charge in [-0.1, -0.05) is 20.8 Å². The van der Waals surface area contributed by atoms with Gasteiger partial charge in [0, 0.05) is 23.9 Å². The average Bonchev–Trinajstić information content (AvgIpc) is 2.56. The Morgan fingerprint density at radius 1 is 1.27 bits per heavy atom. The first-order chi connectivity index (χ1) is 12.1. The molecule has 2 aliphatic heterocycles. The number of esters is 1. The van der Waals surface area contributed by atoms with Crippen molar-refractivity contribution < 1.29 is 33.8 Å². The van der Waals surface area contributed by atoms with Crippen molar-refractivity contribution in [2.24, 2.45) is 5.41 Å². The summed E-state index contributed by atoms with van der Waals surface area (Å²) in [6.07, 6.45) is -1.14. The minimum Gasteiger partial charge on any atom is -0.481 e. The summed E-state index contributed by atoms with van der Waals surface area (Å²) in [5.41, 5.74) is 0.113. The van der Waals surface area contributed by atoms with Crippen LogP contribution in [0.15, 0.2) is 11.3 Å². The zero-order valence-electron chi connectivity index (χ0n) is 15.2. The first kappa shape index (κ1) is 20.4. The van der Waals surface area contributed by atoms with E-state index in [0.29, 0.717) is 11.3 Å². The van der Waals surface area contributed by atoms with E-state index in [-0.39, 0.29) is 42.2 Å². The van der Waals surface area contributed by atoms with Crippen molar-refractivity contribution in [1.29, 1.82) is 0 Å². The van der Waals surface area contributed by atoms with Gasteiger partial charge in [0.15, 0.2) is 11.9 Å². The fraction of sp³-hybridized carbons (Fsp3) is 0.647. The number of Topliss-reactive ketones (excluding diaryl/α,β-unsaturated/α-hetero) is 1. The van der Waals surface area contributed by atoms with Crippen LogP contribution in [0, 0.1) is 5.41 Å². The molecule has 26 heavy (non-hydrogen) atoms. The minimum atomic E-state index is -1.09. The molecule has 2 aliphatic rings. The van der Waals surface area contributed by atoms with Crippen LogP contribution in [0.1, 0.15) is 33.6 Å². The lowest BCUT2D eigenvalue weighted by Crippen LogP contribution is -2.66. The van der Waals surface area contributed by atoms with E-state index in [0.717, 1.165) is 0 Å². The fourth-order valence-electron chi connectivity index (χ4n) is 2.66. The first-order valence-electron chi connectivity index (χ1n) is 8.19. The number of ketones is 1. The van der Waals surface area contributed by atoms with Crippen LogP contribution in [0.4, 0.5) is 0 Å². The SMILES string of the molecule is CO[C@H]1C(=O)N2C(C(=O)C(C)(C)C)=C(COC(=O)CCC(=O)O)CS[C@@H]12. The van der Waals surface area contributed by atoms with Crippen LogP contribution >= 0.6 is 11.8 Å². The first-order valence-corrected chi connectivity index (χ1v) is 9.24. The van der Waals surface area contributed by atoms with Crippen molar-refractivity contribution in [3.05, 3.63) is 11.3 Å². The summed E-state index contributed by atoms with van der Waals surface area (Å²) in [6.45, 7) is 5.13. The Labute approximate surface area is 155 Å². The van der Waals surface area contributed by atoms with Gasteiger partial charge >= 0.3 is 11.9 Å². The number of carboxylic acids is 1. The van der Waals surface area contributed by atoms with Crippen LogP contribution < -0.4 is 0 Å². The molecule has 0 aliphatic carbocycles. The maximum Gasteiger partial charge on any atom is 0.306 e. The van der Waals surface area contributed by atoms with Crippen molar-refractivity contribution in [2.75, 3.05) is 19.5 Å². The van der Waals surface area contributed by atoms with E-state index in [9.17, 15) is 19.2 Å². The van der Waals surface area contributed by atoms with Crippen molar-refractivity contribution >= 4 is 35.4 Å². The minimum absolute atomic E-state index is 0.142. The molecule has 1 amide bonds. The fourth-order valence-corrected chi connectivity index (χ4v) is 4.02. The molecule has 0 bridgehead atoms. The third kappa shape index (κ3) is 4.09. The number of carboxylic acid groups (broad SMARTS) is 1. The van der Waals surface area contributed by atoms with Crippen LogP contribution in [-0.4, -0.2) is 64.6 Å². The highest BCUT2D eigenvalue weighted by atomic mass is 32.2. The molecule has 1 saturated heterocycles. The average molecular weight is 385 g/mol. The molecule has 2 heterocycles. The number of thioether (sulfide) groups is 1. The van der Waals surface area contributed by atoms with Crippen molar-refractivity contribution in [1.82, 2.24) is 4.90 Å². The van der Waals surface area contributed by atoms with Crippen LogP contribution in [-0.2, 0) is 28.7 Å². The maximum atomic E-state index is 12.9. The van der Waals surface area contributed by atoms with Gasteiger partial charge in [0.05, 0.1) is 18.5 Å². The van der Waals surface area contributed by atoms with Crippen molar-refractivity contribution in [3.63, 3.8) is 0 Å². The lowest BCUT2D eigenvalue weighted by atomic mass is 9.85. The standard InChI is InChI=1S/C17H23NO7S/c1-17(2,3)14(22)12-9(7-25-11(21)6-5-10(19)20)8-26-16-13(24-4)15(23)18(12)16/h13,16H,5-8H2,1-4H3,(H,19,20)/t13-,16-/m0/s1. The van der Waals surface area contributed by atoms with E-state index < -0.39 is 23.5 Å². The topological polar surface area (TPSA) is 110 Å². The Morgan fingerprint density at radius 3 is 2.46 bits per heavy atom. The molecule has 8 nitrogen and oxygen atoms in total. The van der Waals surface area contributed by atoms with Gasteiger partial charge in [-0.3, -0.25) is 24.1 Å². The number of methoxy groups -OCH3 is 1. The highest BCUT2D eigenvalue weighted by molar-refractivity contribution is 8.00. The predicted octanol–water partition coefficient (Wildman–Crippen LogP) is 1.19. The van der Waals surface area contributed by atoms with Gasteiger partial charge in [-0.25, -0.2) is 0 Å². The molecule has 0 aromatic carbocycles. The van der Waals surface area contributed by atoms with Crippen molar-refractivity contribution in [3.8, 4) is 0 Å². The van der Waals surface area contributed by atoms with Gasteiger partial charge in [0.25, 0.3) is 5.91 Å². The maximum absolute atomic E-state index is 12.9. The van der Waals surface area contributed by atoms with Gasteiger partial charge in [0.2, 0.25) is 0 Å². The van der Waals surface area contributed by atoms with E-state index in [2.05, 4.69) is 0 Å². The number of hydrogen-bond donors (Lipinski definition) is 1. The quantitative estimate of drug-likeness (QED) is 0.514. The lowest BCUT2D eigenvalue weighted by molar-refractivity contribution is -0.160. The highest BCUT2D eigenvalue weighted by Gasteiger charge is 2.54. The molecule has 1 fully saturated rings. The Balaban J connectivity index is 2.21. The Hall–Kier alpha value is -1.87. The third-order valence-corrected chi connectivity index (χ3v) is 5.41. The monoisotopic (exact) mass is 385 g/mol. The number of carbonyl (C=O) groups is 4. The summed E-state index contributed by atoms with van der Waals surface area (Å²) in [6, 6.07) is 0. The number of ether oxygens (including phenoxy) is 2. The Kier molecular flexibility index (Phi) is 6.13. The number of amides is 1. The van der Waals surface area contributed by atoms with Gasteiger partial charge in [-0.15, -0.1) is 11.8 Å². The van der Waals surface area contributed by atoms with Crippen LogP contribution in [0.2, 0.25) is 0 Å². The number of β-lactam (4-membered cyclic amide) rings is 1. The van der Waals surface area contributed by atoms with Gasteiger partial charge in [0.1, 0.15) is 12.0 Å². The Bertz CT molecular complexity index is 665. The van der Waals surface area contributed by atoms with Crippen LogP contribution in [0.25, 0.3) is 0 Å². The molecule has 0 saturated carbocycles. The molecule has 2 atom stereocenters. The van der Waals surface area contributed by atoms with E-state index in [1.807, 2.05) is 0 Å². The highest BCUT2D eigenvalue weighted by Crippen LogP contribution is 2.43. The van der Waals surface area contributed by atoms with E-state index in [1.54, 1.807) is 20.8 Å². The summed E-state index contributed by atoms with van der Waals surface area (Å²) >= 11 is 1.44. The van der Waals surface area contributed by atoms with E-state index in [1.165, 1.54) is 23.8 Å². The normalized spacial score (nSPS) is 22.6. The summed E-state index contributed by atoms with van der Waals surface area (Å²) in [7, 11) is 1.45. The largest absolute Gasteiger partial charge is 0.481 e. The smallest absolute Gasteiger partial charge is 0.306 e. The van der Waals surface area contributed by atoms with Crippen molar-refractivity contribution in [2.45, 2.75) is 45.1 Å². The molecule has 0 aromatic rings. The van der Waals surface area contributed by atoms with E-state index in [4.69, 9.17) is 14.6 Å². The number of hydrogen-bond acceptors (Lipinski definition) is 7. The molecule has 2 rings (SSSR count). The second-order valence-corrected chi connectivity index (χ2v) is 8.26. The molecule has 9 heteroatoms. The summed E-state index contributed by atoms with van der Waals surface area (Å²) < 4.78 is 10.3. The molecular weight excluding hydrogens is 362 g/mol. The van der Waals surface area contributed by atoms with E-state index >= 15 is 0 Å². The molecule has 0 aromatic heterocycles. The Morgan fingerprint density at radius 2 is 1.92 bits per heavy atom.